The number of hydrogen-bond acceptors (Lipinski definition) is 5. The van der Waals surface area contributed by atoms with Crippen molar-refractivity contribution in [2.75, 3.05) is 25.3 Å². The van der Waals surface area contributed by atoms with Crippen LogP contribution < -0.4 is 14.8 Å². The Hall–Kier alpha value is -3.95. The number of fused-ring (bicyclic) bond motifs is 4. The molecule has 1 fully saturated rings. The van der Waals surface area contributed by atoms with Crippen molar-refractivity contribution in [2.45, 2.75) is 18.5 Å². The van der Waals surface area contributed by atoms with Gasteiger partial charge in [-0.05, 0) is 60.5 Å². The Labute approximate surface area is 198 Å². The number of nitrogens with one attached hydrogen (secondary N) is 1. The third-order valence-electron chi connectivity index (χ3n) is 6.87. The lowest BCUT2D eigenvalue weighted by atomic mass is 9.82. The van der Waals surface area contributed by atoms with Gasteiger partial charge in [0, 0.05) is 34.8 Å². The van der Waals surface area contributed by atoms with E-state index in [4.69, 9.17) is 9.47 Å². The molecular weight excluding hydrogens is 428 g/mol. The molecule has 0 aromatic heterocycles. The first-order chi connectivity index (χ1) is 16.7. The van der Waals surface area contributed by atoms with E-state index in [1.54, 1.807) is 18.2 Å². The molecular formula is C28H24N2O4. The molecule has 3 atom stereocenters. The second-order valence-corrected chi connectivity index (χ2v) is 8.82. The summed E-state index contributed by atoms with van der Waals surface area (Å²) in [5, 5.41) is 13.5. The van der Waals surface area contributed by atoms with E-state index in [2.05, 4.69) is 23.2 Å². The third-order valence-corrected chi connectivity index (χ3v) is 6.87. The maximum absolute atomic E-state index is 13.6. The van der Waals surface area contributed by atoms with Gasteiger partial charge < -0.3 is 24.8 Å². The molecule has 2 N–H and O–H groups in total. The van der Waals surface area contributed by atoms with E-state index in [0.29, 0.717) is 23.6 Å². The lowest BCUT2D eigenvalue weighted by molar-refractivity contribution is 0.0700. The Kier molecular flexibility index (Phi) is 5.12. The second-order valence-electron chi connectivity index (χ2n) is 8.82. The summed E-state index contributed by atoms with van der Waals surface area (Å²) >= 11 is 0. The lowest BCUT2D eigenvalue weighted by Crippen LogP contribution is -2.42. The van der Waals surface area contributed by atoms with Crippen LogP contribution in [-0.4, -0.2) is 41.9 Å². The normalized spacial score (nSPS) is 21.7. The molecule has 3 heterocycles. The fraction of sp³-hybridized carbons (Fsp3) is 0.250. The van der Waals surface area contributed by atoms with Gasteiger partial charge in [0.1, 0.15) is 0 Å². The molecule has 0 saturated carbocycles. The molecule has 3 aromatic carbocycles. The highest BCUT2D eigenvalue weighted by molar-refractivity contribution is 5.95. The van der Waals surface area contributed by atoms with Gasteiger partial charge in [-0.1, -0.05) is 30.0 Å². The summed E-state index contributed by atoms with van der Waals surface area (Å²) in [5.74, 6) is 7.80. The van der Waals surface area contributed by atoms with Gasteiger partial charge in [-0.2, -0.15) is 0 Å². The number of amides is 1. The minimum absolute atomic E-state index is 0.0161. The van der Waals surface area contributed by atoms with Crippen LogP contribution in [0.15, 0.2) is 66.7 Å². The minimum Gasteiger partial charge on any atom is -0.454 e. The highest BCUT2D eigenvalue weighted by Gasteiger charge is 2.46. The first-order valence-corrected chi connectivity index (χ1v) is 11.5. The quantitative estimate of drug-likeness (QED) is 0.579. The SMILES string of the molecule is O=C(c1ccc2c(c1)OCO2)N1CC[C@@H]2[C@H](CO)Nc3ccc(C#Cc4ccccc4)cc3[C@@H]21. The van der Waals surface area contributed by atoms with E-state index >= 15 is 0 Å². The summed E-state index contributed by atoms with van der Waals surface area (Å²) in [7, 11) is 0. The summed E-state index contributed by atoms with van der Waals surface area (Å²) < 4.78 is 10.9. The minimum atomic E-state index is -0.134. The van der Waals surface area contributed by atoms with Gasteiger partial charge in [-0.25, -0.2) is 0 Å². The van der Waals surface area contributed by atoms with Crippen molar-refractivity contribution >= 4 is 11.6 Å². The molecule has 34 heavy (non-hydrogen) atoms. The molecule has 0 spiro atoms. The Morgan fingerprint density at radius 3 is 2.68 bits per heavy atom. The smallest absolute Gasteiger partial charge is 0.254 e. The molecule has 1 amide bonds. The zero-order valence-corrected chi connectivity index (χ0v) is 18.5. The zero-order chi connectivity index (χ0) is 23.1. The van der Waals surface area contributed by atoms with E-state index < -0.39 is 0 Å². The maximum Gasteiger partial charge on any atom is 0.254 e. The van der Waals surface area contributed by atoms with Crippen molar-refractivity contribution in [1.82, 2.24) is 4.90 Å². The number of likely N-dealkylation sites (tertiary alicyclic amines) is 1. The van der Waals surface area contributed by atoms with Crippen LogP contribution in [0.3, 0.4) is 0 Å². The summed E-state index contributed by atoms with van der Waals surface area (Å²) in [6.45, 7) is 0.813. The second kappa shape index (κ2) is 8.44. The van der Waals surface area contributed by atoms with Gasteiger partial charge in [-0.15, -0.1) is 0 Å². The predicted molar refractivity (Wildman–Crippen MR) is 128 cm³/mol. The van der Waals surface area contributed by atoms with Crippen molar-refractivity contribution in [2.24, 2.45) is 5.92 Å². The zero-order valence-electron chi connectivity index (χ0n) is 18.5. The lowest BCUT2D eigenvalue weighted by Gasteiger charge is -2.39. The Morgan fingerprint density at radius 2 is 1.82 bits per heavy atom. The number of carbonyl (C=O) groups excluding carboxylic acids is 1. The summed E-state index contributed by atoms with van der Waals surface area (Å²) in [6, 6.07) is 21.0. The van der Waals surface area contributed by atoms with E-state index in [9.17, 15) is 9.90 Å². The highest BCUT2D eigenvalue weighted by Crippen LogP contribution is 2.47. The Bertz CT molecular complexity index is 1310. The summed E-state index contributed by atoms with van der Waals surface area (Å²) in [6.07, 6.45) is 0.818. The fourth-order valence-electron chi connectivity index (χ4n) is 5.23. The molecule has 1 saturated heterocycles. The van der Waals surface area contributed by atoms with Crippen LogP contribution in [0.1, 0.15) is 39.5 Å². The topological polar surface area (TPSA) is 71.0 Å². The van der Waals surface area contributed by atoms with E-state index in [1.165, 1.54) is 0 Å². The molecule has 3 aliphatic heterocycles. The molecule has 0 bridgehead atoms. The number of aliphatic hydroxyl groups excluding tert-OH is 1. The molecule has 3 aliphatic rings. The summed E-state index contributed by atoms with van der Waals surface area (Å²) in [5.41, 5.74) is 4.41. The van der Waals surface area contributed by atoms with Gasteiger partial charge in [0.25, 0.3) is 5.91 Å². The Balaban J connectivity index is 1.36. The monoisotopic (exact) mass is 452 g/mol. The first kappa shape index (κ1) is 20.6. The standard InChI is InChI=1S/C28H24N2O4/c31-16-24-21-12-13-30(28(32)20-9-11-25-26(15-20)34-17-33-25)27(21)22-14-19(8-10-23(22)29-24)7-6-18-4-2-1-3-5-18/h1-5,8-11,14-15,21,24,27,29,31H,12-13,16-17H2/t21-,24+,27-/m1/s1. The van der Waals surface area contributed by atoms with Crippen molar-refractivity contribution in [3.05, 3.63) is 89.0 Å². The van der Waals surface area contributed by atoms with Gasteiger partial charge in [-0.3, -0.25) is 4.79 Å². The van der Waals surface area contributed by atoms with Crippen LogP contribution >= 0.6 is 0 Å². The van der Waals surface area contributed by atoms with E-state index in [1.807, 2.05) is 47.4 Å². The van der Waals surface area contributed by atoms with Crippen molar-refractivity contribution < 1.29 is 19.4 Å². The molecule has 3 aromatic rings. The van der Waals surface area contributed by atoms with E-state index in [-0.39, 0.29) is 37.3 Å². The van der Waals surface area contributed by atoms with Crippen molar-refractivity contribution in [1.29, 1.82) is 0 Å². The van der Waals surface area contributed by atoms with Crippen LogP contribution in [0.25, 0.3) is 0 Å². The first-order valence-electron chi connectivity index (χ1n) is 11.5. The number of aliphatic hydroxyl groups is 1. The average molecular weight is 453 g/mol. The number of benzene rings is 3. The van der Waals surface area contributed by atoms with Gasteiger partial charge >= 0.3 is 0 Å². The van der Waals surface area contributed by atoms with Crippen LogP contribution in [0, 0.1) is 17.8 Å². The van der Waals surface area contributed by atoms with Gasteiger partial charge in [0.15, 0.2) is 11.5 Å². The van der Waals surface area contributed by atoms with Crippen molar-refractivity contribution in [3.63, 3.8) is 0 Å². The van der Waals surface area contributed by atoms with Crippen molar-refractivity contribution in [3.8, 4) is 23.3 Å². The number of anilines is 1. The number of ether oxygens (including phenoxy) is 2. The molecule has 0 aliphatic carbocycles. The molecule has 6 nitrogen and oxygen atoms in total. The largest absolute Gasteiger partial charge is 0.454 e. The van der Waals surface area contributed by atoms with Gasteiger partial charge in [0.2, 0.25) is 6.79 Å². The number of rotatable bonds is 2. The number of hydrogen-bond donors (Lipinski definition) is 2. The predicted octanol–water partition coefficient (Wildman–Crippen LogP) is 3.80. The third kappa shape index (κ3) is 3.55. The number of nitrogens with zero attached hydrogens (tertiary/aromatic N) is 1. The van der Waals surface area contributed by atoms with Gasteiger partial charge in [0.05, 0.1) is 18.7 Å². The fourth-order valence-corrected chi connectivity index (χ4v) is 5.23. The van der Waals surface area contributed by atoms with Crippen LogP contribution in [-0.2, 0) is 0 Å². The molecule has 0 unspecified atom stereocenters. The number of carbonyl (C=O) groups is 1. The maximum atomic E-state index is 13.6. The molecule has 0 radical (unpaired) electrons. The van der Waals surface area contributed by atoms with Crippen LogP contribution in [0.2, 0.25) is 0 Å². The summed E-state index contributed by atoms with van der Waals surface area (Å²) in [4.78, 5) is 15.6. The molecule has 6 rings (SSSR count). The molecule has 170 valence electrons. The van der Waals surface area contributed by atoms with E-state index in [0.717, 1.165) is 28.8 Å². The average Bonchev–Trinajstić information content (AvgIpc) is 3.54. The molecule has 6 heteroatoms. The van der Waals surface area contributed by atoms with Crippen LogP contribution in [0.5, 0.6) is 11.5 Å². The highest BCUT2D eigenvalue weighted by atomic mass is 16.7. The Morgan fingerprint density at radius 1 is 1.00 bits per heavy atom. The van der Waals surface area contributed by atoms with Crippen LogP contribution in [0.4, 0.5) is 5.69 Å².